The van der Waals surface area contributed by atoms with Crippen molar-refractivity contribution in [3.8, 4) is 0 Å². The molecule has 2 aromatic carbocycles. The van der Waals surface area contributed by atoms with Crippen LogP contribution < -0.4 is 16.2 Å². The fourth-order valence-corrected chi connectivity index (χ4v) is 1.74. The van der Waals surface area contributed by atoms with Gasteiger partial charge in [0.05, 0.1) is 16.9 Å². The molecule has 2 rings (SSSR count). The van der Waals surface area contributed by atoms with E-state index in [0.29, 0.717) is 6.07 Å². The Morgan fingerprint density at radius 1 is 0.875 bits per heavy atom. The highest BCUT2D eigenvalue weighted by atomic mass is 19.4. The van der Waals surface area contributed by atoms with Crippen LogP contribution in [0.5, 0.6) is 0 Å². The maximum atomic E-state index is 13.4. The standard InChI is InChI=1S/C14H9F6N3O/c15-8-5-6-10(12(17)11(8)16)22-23-13(24)21-9-4-2-1-3-7(9)14(18,19)20/h1-6,22H,(H2,21,23,24). The molecular weight excluding hydrogens is 340 g/mol. The summed E-state index contributed by atoms with van der Waals surface area (Å²) in [5.41, 5.74) is 1.53. The van der Waals surface area contributed by atoms with Crippen molar-refractivity contribution in [1.82, 2.24) is 5.43 Å². The summed E-state index contributed by atoms with van der Waals surface area (Å²) in [5.74, 6) is -4.78. The number of urea groups is 1. The number of benzene rings is 2. The zero-order chi connectivity index (χ0) is 17.9. The van der Waals surface area contributed by atoms with Crippen molar-refractivity contribution < 1.29 is 31.1 Å². The number of nitrogens with one attached hydrogen (secondary N) is 3. The third kappa shape index (κ3) is 3.89. The first-order valence-electron chi connectivity index (χ1n) is 6.33. The fraction of sp³-hybridized carbons (Fsp3) is 0.0714. The summed E-state index contributed by atoms with van der Waals surface area (Å²) in [6.45, 7) is 0. The van der Waals surface area contributed by atoms with Crippen molar-refractivity contribution in [2.75, 3.05) is 10.7 Å². The molecule has 0 radical (unpaired) electrons. The molecule has 10 heteroatoms. The van der Waals surface area contributed by atoms with Gasteiger partial charge in [-0.05, 0) is 24.3 Å². The average Bonchev–Trinajstić information content (AvgIpc) is 2.51. The number of amides is 2. The first-order valence-corrected chi connectivity index (χ1v) is 6.33. The van der Waals surface area contributed by atoms with Gasteiger partial charge in [-0.3, -0.25) is 10.9 Å². The number of carbonyl (C=O) groups excluding carboxylic acids is 1. The normalized spacial score (nSPS) is 11.1. The lowest BCUT2D eigenvalue weighted by Crippen LogP contribution is -2.34. The summed E-state index contributed by atoms with van der Waals surface area (Å²) in [5, 5.41) is 1.91. The monoisotopic (exact) mass is 349 g/mol. The van der Waals surface area contributed by atoms with Gasteiger partial charge in [-0.1, -0.05) is 12.1 Å². The van der Waals surface area contributed by atoms with Crippen molar-refractivity contribution >= 4 is 17.4 Å². The molecule has 4 nitrogen and oxygen atoms in total. The van der Waals surface area contributed by atoms with Crippen LogP contribution >= 0.6 is 0 Å². The lowest BCUT2D eigenvalue weighted by molar-refractivity contribution is -0.136. The smallest absolute Gasteiger partial charge is 0.306 e. The molecule has 0 aliphatic rings. The summed E-state index contributed by atoms with van der Waals surface area (Å²) in [7, 11) is 0. The van der Waals surface area contributed by atoms with Crippen molar-refractivity contribution in [2.24, 2.45) is 0 Å². The molecule has 0 saturated heterocycles. The second kappa shape index (κ2) is 6.69. The quantitative estimate of drug-likeness (QED) is 0.440. The third-order valence-corrected chi connectivity index (χ3v) is 2.83. The molecular formula is C14H9F6N3O. The van der Waals surface area contributed by atoms with Crippen LogP contribution in [0.4, 0.5) is 42.5 Å². The Morgan fingerprint density at radius 2 is 1.54 bits per heavy atom. The van der Waals surface area contributed by atoms with Crippen molar-refractivity contribution in [2.45, 2.75) is 6.18 Å². The third-order valence-electron chi connectivity index (χ3n) is 2.83. The van der Waals surface area contributed by atoms with Crippen LogP contribution in [0.2, 0.25) is 0 Å². The van der Waals surface area contributed by atoms with Crippen LogP contribution in [0.3, 0.4) is 0 Å². The van der Waals surface area contributed by atoms with E-state index in [1.165, 1.54) is 6.07 Å². The van der Waals surface area contributed by atoms with E-state index in [4.69, 9.17) is 0 Å². The molecule has 3 N–H and O–H groups in total. The molecule has 128 valence electrons. The highest BCUT2D eigenvalue weighted by molar-refractivity contribution is 5.90. The molecule has 0 aromatic heterocycles. The Kier molecular flexibility index (Phi) is 4.86. The van der Waals surface area contributed by atoms with E-state index in [2.05, 4.69) is 0 Å². The topological polar surface area (TPSA) is 53.2 Å². The van der Waals surface area contributed by atoms with Crippen LogP contribution in [0, 0.1) is 17.5 Å². The number of hydrazine groups is 1. The van der Waals surface area contributed by atoms with Gasteiger partial charge in [-0.2, -0.15) is 13.2 Å². The van der Waals surface area contributed by atoms with E-state index < -0.39 is 46.6 Å². The predicted octanol–water partition coefficient (Wildman–Crippen LogP) is 4.27. The highest BCUT2D eigenvalue weighted by Gasteiger charge is 2.33. The van der Waals surface area contributed by atoms with Crippen LogP contribution in [0.1, 0.15) is 5.56 Å². The molecule has 0 aliphatic heterocycles. The van der Waals surface area contributed by atoms with Crippen molar-refractivity contribution in [3.63, 3.8) is 0 Å². The van der Waals surface area contributed by atoms with Gasteiger partial charge in [0.2, 0.25) is 0 Å². The number of para-hydroxylation sites is 1. The fourth-order valence-electron chi connectivity index (χ4n) is 1.74. The van der Waals surface area contributed by atoms with Crippen molar-refractivity contribution in [3.05, 3.63) is 59.4 Å². The molecule has 24 heavy (non-hydrogen) atoms. The summed E-state index contributed by atoms with van der Waals surface area (Å²) < 4.78 is 77.4. The highest BCUT2D eigenvalue weighted by Crippen LogP contribution is 2.34. The van der Waals surface area contributed by atoms with Gasteiger partial charge in [0.25, 0.3) is 0 Å². The van der Waals surface area contributed by atoms with Gasteiger partial charge in [-0.25, -0.2) is 18.0 Å². The first kappa shape index (κ1) is 17.4. The minimum atomic E-state index is -4.69. The predicted molar refractivity (Wildman–Crippen MR) is 73.5 cm³/mol. The molecule has 0 bridgehead atoms. The van der Waals surface area contributed by atoms with Crippen molar-refractivity contribution in [1.29, 1.82) is 0 Å². The number of anilines is 2. The van der Waals surface area contributed by atoms with Gasteiger partial charge >= 0.3 is 12.2 Å². The zero-order valence-electron chi connectivity index (χ0n) is 11.6. The summed E-state index contributed by atoms with van der Waals surface area (Å²) in [6.07, 6.45) is -4.69. The molecule has 0 heterocycles. The lowest BCUT2D eigenvalue weighted by atomic mass is 10.1. The Labute approximate surface area is 131 Å². The molecule has 2 aromatic rings. The molecule has 0 aliphatic carbocycles. The summed E-state index contributed by atoms with van der Waals surface area (Å²) in [6, 6.07) is 4.43. The van der Waals surface area contributed by atoms with Gasteiger partial charge in [0.1, 0.15) is 0 Å². The molecule has 0 atom stereocenters. The zero-order valence-corrected chi connectivity index (χ0v) is 11.6. The lowest BCUT2D eigenvalue weighted by Gasteiger charge is -2.15. The van der Waals surface area contributed by atoms with E-state index in [0.717, 1.165) is 24.3 Å². The number of hydrogen-bond acceptors (Lipinski definition) is 2. The molecule has 0 fully saturated rings. The van der Waals surface area contributed by atoms with Gasteiger partial charge in [0.15, 0.2) is 17.5 Å². The van der Waals surface area contributed by atoms with Crippen LogP contribution in [0.15, 0.2) is 36.4 Å². The van der Waals surface area contributed by atoms with E-state index in [-0.39, 0.29) is 0 Å². The van der Waals surface area contributed by atoms with Crippen LogP contribution in [-0.2, 0) is 6.18 Å². The average molecular weight is 349 g/mol. The molecule has 0 spiro atoms. The number of halogens is 6. The van der Waals surface area contributed by atoms with Crippen LogP contribution in [-0.4, -0.2) is 6.03 Å². The second-order valence-corrected chi connectivity index (χ2v) is 4.47. The molecule has 0 unspecified atom stereocenters. The SMILES string of the molecule is O=C(NNc1ccc(F)c(F)c1F)Nc1ccccc1C(F)(F)F. The number of hydrogen-bond donors (Lipinski definition) is 3. The largest absolute Gasteiger partial charge is 0.418 e. The number of alkyl halides is 3. The van der Waals surface area contributed by atoms with E-state index in [9.17, 15) is 31.1 Å². The van der Waals surface area contributed by atoms with Crippen LogP contribution in [0.25, 0.3) is 0 Å². The molecule has 2 amide bonds. The maximum Gasteiger partial charge on any atom is 0.418 e. The number of rotatable bonds is 3. The first-order chi connectivity index (χ1) is 11.2. The van der Waals surface area contributed by atoms with Gasteiger partial charge in [-0.15, -0.1) is 0 Å². The summed E-state index contributed by atoms with van der Waals surface area (Å²) in [4.78, 5) is 11.6. The summed E-state index contributed by atoms with van der Waals surface area (Å²) >= 11 is 0. The van der Waals surface area contributed by atoms with E-state index in [1.807, 2.05) is 16.2 Å². The van der Waals surface area contributed by atoms with E-state index in [1.54, 1.807) is 0 Å². The maximum absolute atomic E-state index is 13.4. The Morgan fingerprint density at radius 3 is 2.21 bits per heavy atom. The van der Waals surface area contributed by atoms with E-state index >= 15 is 0 Å². The minimum Gasteiger partial charge on any atom is -0.306 e. The second-order valence-electron chi connectivity index (χ2n) is 4.47. The van der Waals surface area contributed by atoms with Gasteiger partial charge < -0.3 is 5.32 Å². The number of carbonyl (C=O) groups is 1. The minimum absolute atomic E-state index is 0.532. The van der Waals surface area contributed by atoms with Gasteiger partial charge in [0, 0.05) is 0 Å². The Balaban J connectivity index is 2.07. The Bertz CT molecular complexity index is 763. The molecule has 0 saturated carbocycles. The Hall–Kier alpha value is -2.91.